The molecule has 2 amide bonds. The van der Waals surface area contributed by atoms with Crippen molar-refractivity contribution in [1.82, 2.24) is 10.9 Å². The van der Waals surface area contributed by atoms with Crippen LogP contribution in [0.2, 0.25) is 0 Å². The second-order valence-electron chi connectivity index (χ2n) is 5.19. The number of hydrogen-bond donors (Lipinski definition) is 2. The lowest BCUT2D eigenvalue weighted by molar-refractivity contribution is -0.130. The molecule has 1 atom stereocenters. The van der Waals surface area contributed by atoms with Gasteiger partial charge in [-0.2, -0.15) is 0 Å². The first kappa shape index (κ1) is 17.7. The fraction of sp³-hybridized carbons (Fsp3) is 0.429. The van der Waals surface area contributed by atoms with E-state index in [-0.39, 0.29) is 36.1 Å². The summed E-state index contributed by atoms with van der Waals surface area (Å²) in [4.78, 5) is 24.2. The molecule has 1 saturated heterocycles. The van der Waals surface area contributed by atoms with Gasteiger partial charge in [0.15, 0.2) is 9.84 Å². The molecule has 0 bridgehead atoms. The largest absolute Gasteiger partial charge is 0.273 e. The van der Waals surface area contributed by atoms with Crippen LogP contribution in [-0.4, -0.2) is 37.5 Å². The molecule has 0 aromatic heterocycles. The third-order valence-corrected chi connectivity index (χ3v) is 6.12. The van der Waals surface area contributed by atoms with Crippen LogP contribution >= 0.6 is 11.8 Å². The maximum absolute atomic E-state index is 12.7. The predicted molar refractivity (Wildman–Crippen MR) is 84.8 cm³/mol. The van der Waals surface area contributed by atoms with E-state index in [2.05, 4.69) is 10.9 Å². The normalized spacial score (nSPS) is 19.3. The Labute approximate surface area is 138 Å². The summed E-state index contributed by atoms with van der Waals surface area (Å²) < 4.78 is 35.3. The highest BCUT2D eigenvalue weighted by Crippen LogP contribution is 2.19. The zero-order chi connectivity index (χ0) is 16.9. The molecule has 0 aliphatic carbocycles. The summed E-state index contributed by atoms with van der Waals surface area (Å²) in [5.41, 5.74) is 4.53. The van der Waals surface area contributed by atoms with Crippen LogP contribution in [0, 0.1) is 11.7 Å². The minimum Gasteiger partial charge on any atom is -0.273 e. The molecule has 1 aromatic rings. The fourth-order valence-electron chi connectivity index (χ4n) is 2.09. The van der Waals surface area contributed by atoms with E-state index in [1.54, 1.807) is 12.1 Å². The van der Waals surface area contributed by atoms with Crippen LogP contribution in [0.1, 0.15) is 12.8 Å². The summed E-state index contributed by atoms with van der Waals surface area (Å²) >= 11 is 1.40. The topological polar surface area (TPSA) is 92.3 Å². The van der Waals surface area contributed by atoms with Gasteiger partial charge in [-0.3, -0.25) is 20.4 Å². The van der Waals surface area contributed by atoms with Gasteiger partial charge in [-0.05, 0) is 30.7 Å². The number of nitrogens with one attached hydrogen (secondary N) is 2. The molecule has 1 heterocycles. The Bertz CT molecular complexity index is 677. The van der Waals surface area contributed by atoms with Crippen molar-refractivity contribution >= 4 is 33.4 Å². The highest BCUT2D eigenvalue weighted by molar-refractivity contribution is 7.99. The molecule has 126 valence electrons. The first-order valence-corrected chi connectivity index (χ1v) is 9.84. The van der Waals surface area contributed by atoms with Crippen molar-refractivity contribution in [1.29, 1.82) is 0 Å². The highest BCUT2D eigenvalue weighted by atomic mass is 32.2. The number of amides is 2. The van der Waals surface area contributed by atoms with Crippen molar-refractivity contribution in [3.63, 3.8) is 0 Å². The molecule has 1 aliphatic heterocycles. The predicted octanol–water partition coefficient (Wildman–Crippen LogP) is 0.890. The molecule has 2 N–H and O–H groups in total. The molecular formula is C14H17FN2O4S2. The van der Waals surface area contributed by atoms with Crippen molar-refractivity contribution in [3.8, 4) is 0 Å². The molecule has 0 radical (unpaired) electrons. The van der Waals surface area contributed by atoms with Gasteiger partial charge in [-0.1, -0.05) is 0 Å². The fourth-order valence-corrected chi connectivity index (χ4v) is 4.68. The number of carbonyl (C=O) groups excluding carboxylic acids is 2. The van der Waals surface area contributed by atoms with Crippen molar-refractivity contribution in [2.45, 2.75) is 17.7 Å². The zero-order valence-electron chi connectivity index (χ0n) is 12.2. The summed E-state index contributed by atoms with van der Waals surface area (Å²) in [6.45, 7) is 0. The summed E-state index contributed by atoms with van der Waals surface area (Å²) in [6.07, 6.45) is 0.454. The van der Waals surface area contributed by atoms with E-state index in [9.17, 15) is 22.4 Å². The van der Waals surface area contributed by atoms with Gasteiger partial charge in [0.25, 0.3) is 0 Å². The van der Waals surface area contributed by atoms with Crippen molar-refractivity contribution in [2.75, 3.05) is 17.3 Å². The standard InChI is InChI=1S/C14H17FN2O4S2/c15-11-1-3-12(4-2-11)22-7-5-13(18)16-17-14(19)10-6-8-23(20,21)9-10/h1-4,10H,5-9H2,(H,16,18)(H,17,19)/t10-/m1/s1. The zero-order valence-corrected chi connectivity index (χ0v) is 13.9. The van der Waals surface area contributed by atoms with Crippen molar-refractivity contribution in [2.24, 2.45) is 5.92 Å². The number of benzene rings is 1. The van der Waals surface area contributed by atoms with Gasteiger partial charge in [-0.25, -0.2) is 12.8 Å². The van der Waals surface area contributed by atoms with E-state index >= 15 is 0 Å². The summed E-state index contributed by atoms with van der Waals surface area (Å²) in [7, 11) is -3.13. The quantitative estimate of drug-likeness (QED) is 0.601. The average Bonchev–Trinajstić information content (AvgIpc) is 2.87. The van der Waals surface area contributed by atoms with Crippen LogP contribution in [-0.2, 0) is 19.4 Å². The number of thioether (sulfide) groups is 1. The average molecular weight is 360 g/mol. The summed E-state index contributed by atoms with van der Waals surface area (Å²) in [5, 5.41) is 0. The maximum atomic E-state index is 12.7. The molecule has 6 nitrogen and oxygen atoms in total. The van der Waals surface area contributed by atoms with Crippen LogP contribution in [0.3, 0.4) is 0 Å². The molecule has 9 heteroatoms. The first-order valence-electron chi connectivity index (χ1n) is 7.03. The van der Waals surface area contributed by atoms with Crippen LogP contribution in [0.4, 0.5) is 4.39 Å². The van der Waals surface area contributed by atoms with Gasteiger partial charge in [-0.15, -0.1) is 11.8 Å². The van der Waals surface area contributed by atoms with Crippen LogP contribution in [0.25, 0.3) is 0 Å². The number of halogens is 1. The van der Waals surface area contributed by atoms with Crippen LogP contribution in [0.5, 0.6) is 0 Å². The molecule has 2 rings (SSSR count). The van der Waals surface area contributed by atoms with Gasteiger partial charge in [0.05, 0.1) is 17.4 Å². The maximum Gasteiger partial charge on any atom is 0.242 e. The lowest BCUT2D eigenvalue weighted by Crippen LogP contribution is -2.44. The van der Waals surface area contributed by atoms with E-state index in [0.717, 1.165) is 4.90 Å². The number of carbonyl (C=O) groups is 2. The Morgan fingerprint density at radius 3 is 2.52 bits per heavy atom. The van der Waals surface area contributed by atoms with E-state index in [4.69, 9.17) is 0 Å². The molecule has 1 fully saturated rings. The molecule has 1 aromatic carbocycles. The molecule has 23 heavy (non-hydrogen) atoms. The highest BCUT2D eigenvalue weighted by Gasteiger charge is 2.33. The van der Waals surface area contributed by atoms with E-state index in [1.807, 2.05) is 0 Å². The minimum atomic E-state index is -3.13. The second kappa shape index (κ2) is 7.78. The van der Waals surface area contributed by atoms with Gasteiger partial charge < -0.3 is 0 Å². The number of hydrazine groups is 1. The van der Waals surface area contributed by atoms with E-state index in [0.29, 0.717) is 5.75 Å². The Hall–Kier alpha value is -1.61. The SMILES string of the molecule is O=C(CCSc1ccc(F)cc1)NNC(=O)[C@@H]1CCS(=O)(=O)C1. The Morgan fingerprint density at radius 1 is 1.22 bits per heavy atom. The first-order chi connectivity index (χ1) is 10.9. The van der Waals surface area contributed by atoms with Gasteiger partial charge >= 0.3 is 0 Å². The lowest BCUT2D eigenvalue weighted by Gasteiger charge is -2.10. The molecule has 1 aliphatic rings. The summed E-state index contributed by atoms with van der Waals surface area (Å²) in [5.74, 6) is -1.45. The molecular weight excluding hydrogens is 343 g/mol. The smallest absolute Gasteiger partial charge is 0.242 e. The van der Waals surface area contributed by atoms with Crippen molar-refractivity contribution < 1.29 is 22.4 Å². The minimum absolute atomic E-state index is 0.00728. The van der Waals surface area contributed by atoms with E-state index in [1.165, 1.54) is 23.9 Å². The molecule has 0 unspecified atom stereocenters. The number of hydrogen-bond acceptors (Lipinski definition) is 5. The number of sulfone groups is 1. The van der Waals surface area contributed by atoms with Gasteiger partial charge in [0, 0.05) is 17.1 Å². The lowest BCUT2D eigenvalue weighted by atomic mass is 10.1. The monoisotopic (exact) mass is 360 g/mol. The number of rotatable bonds is 5. The van der Waals surface area contributed by atoms with Crippen molar-refractivity contribution in [3.05, 3.63) is 30.1 Å². The summed E-state index contributed by atoms with van der Waals surface area (Å²) in [6, 6.07) is 5.94. The second-order valence-corrected chi connectivity index (χ2v) is 8.59. The third kappa shape index (κ3) is 5.83. The Morgan fingerprint density at radius 2 is 1.91 bits per heavy atom. The Balaban J connectivity index is 1.65. The third-order valence-electron chi connectivity index (χ3n) is 3.34. The van der Waals surface area contributed by atoms with Gasteiger partial charge in [0.2, 0.25) is 11.8 Å². The van der Waals surface area contributed by atoms with Crippen LogP contribution < -0.4 is 10.9 Å². The molecule has 0 spiro atoms. The van der Waals surface area contributed by atoms with E-state index < -0.39 is 21.7 Å². The van der Waals surface area contributed by atoms with Gasteiger partial charge in [0.1, 0.15) is 5.82 Å². The van der Waals surface area contributed by atoms with Crippen LogP contribution in [0.15, 0.2) is 29.2 Å². The molecule has 0 saturated carbocycles. The Kier molecular flexibility index (Phi) is 6.00.